The van der Waals surface area contributed by atoms with Crippen molar-refractivity contribution in [3.8, 4) is 0 Å². The van der Waals surface area contributed by atoms with Crippen molar-refractivity contribution < 1.29 is 4.94 Å². The number of benzene rings is 1. The Bertz CT molecular complexity index is 240. The average molecular weight is 154 g/mol. The third kappa shape index (κ3) is 1.58. The Morgan fingerprint density at radius 1 is 1.27 bits per heavy atom. The van der Waals surface area contributed by atoms with Gasteiger partial charge >= 0.3 is 0 Å². The molecule has 1 aromatic rings. The number of hydrazine groups is 1. The summed E-state index contributed by atoms with van der Waals surface area (Å²) in [5.41, 5.74) is 6.59. The third-order valence-electron chi connectivity index (χ3n) is 1.29. The molecule has 5 nitrogen and oxygen atoms in total. The maximum Gasteiger partial charge on any atom is 0.107 e. The Morgan fingerprint density at radius 3 is 2.45 bits per heavy atom. The van der Waals surface area contributed by atoms with Gasteiger partial charge in [0.25, 0.3) is 0 Å². The van der Waals surface area contributed by atoms with Crippen molar-refractivity contribution in [2.45, 2.75) is 0 Å². The minimum atomic E-state index is 0.514. The minimum absolute atomic E-state index is 0.514. The van der Waals surface area contributed by atoms with Gasteiger partial charge in [-0.2, -0.15) is 16.0 Å². The Balaban J connectivity index is 2.93. The van der Waals surface area contributed by atoms with E-state index in [2.05, 4.69) is 4.94 Å². The zero-order valence-electron chi connectivity index (χ0n) is 5.90. The number of nitrogen functional groups attached to an aromatic ring is 1. The van der Waals surface area contributed by atoms with Crippen molar-refractivity contribution in [2.24, 2.45) is 11.7 Å². The van der Waals surface area contributed by atoms with Gasteiger partial charge in [-0.1, -0.05) is 12.1 Å². The van der Waals surface area contributed by atoms with E-state index in [9.17, 15) is 0 Å². The summed E-state index contributed by atoms with van der Waals surface area (Å²) in [6.45, 7) is 0. The molecule has 11 heavy (non-hydrogen) atoms. The number of para-hydroxylation sites is 2. The van der Waals surface area contributed by atoms with Crippen LogP contribution in [0, 0.1) is 0 Å². The quantitative estimate of drug-likeness (QED) is 0.310. The molecule has 0 bridgehead atoms. The minimum Gasteiger partial charge on any atom is -0.397 e. The monoisotopic (exact) mass is 154 g/mol. The Labute approximate surface area is 64.2 Å². The highest BCUT2D eigenvalue weighted by atomic mass is 16.8. The predicted molar refractivity (Wildman–Crippen MR) is 42.8 cm³/mol. The van der Waals surface area contributed by atoms with Crippen LogP contribution in [0.15, 0.2) is 24.3 Å². The normalized spacial score (nSPS) is 9.64. The van der Waals surface area contributed by atoms with E-state index in [1.54, 1.807) is 24.3 Å². The molecule has 60 valence electrons. The van der Waals surface area contributed by atoms with Crippen molar-refractivity contribution in [3.63, 3.8) is 0 Å². The summed E-state index contributed by atoms with van der Waals surface area (Å²) < 4.78 is 0. The highest BCUT2D eigenvalue weighted by Crippen LogP contribution is 2.18. The molecule has 0 unspecified atom stereocenters. The molecule has 6 N–H and O–H groups in total. The van der Waals surface area contributed by atoms with Gasteiger partial charge in [0.1, 0.15) is 5.69 Å². The summed E-state index contributed by atoms with van der Waals surface area (Å²) in [7, 11) is 0. The van der Waals surface area contributed by atoms with Crippen LogP contribution in [0.5, 0.6) is 0 Å². The molecule has 0 spiro atoms. The molecule has 0 amide bonds. The van der Waals surface area contributed by atoms with Crippen LogP contribution < -0.4 is 22.6 Å². The molecule has 0 fully saturated rings. The fourth-order valence-electron chi connectivity index (χ4n) is 0.745. The molecule has 0 aliphatic carbocycles. The average Bonchev–Trinajstić information content (AvgIpc) is 2.04. The maximum absolute atomic E-state index is 5.54. The van der Waals surface area contributed by atoms with Gasteiger partial charge in [0, 0.05) is 0 Å². The van der Waals surface area contributed by atoms with Gasteiger partial charge < -0.3 is 5.73 Å². The SMILES string of the molecule is NON(N)c1ccccc1N. The zero-order valence-corrected chi connectivity index (χ0v) is 5.90. The van der Waals surface area contributed by atoms with Crippen LogP contribution in [0.3, 0.4) is 0 Å². The molecule has 5 heteroatoms. The summed E-state index contributed by atoms with van der Waals surface area (Å²) >= 11 is 0. The van der Waals surface area contributed by atoms with Crippen LogP contribution in [0.1, 0.15) is 0 Å². The number of hydrogen-bond donors (Lipinski definition) is 3. The van der Waals surface area contributed by atoms with E-state index in [1.165, 1.54) is 0 Å². The summed E-state index contributed by atoms with van der Waals surface area (Å²) in [5, 5.41) is 0.898. The van der Waals surface area contributed by atoms with Crippen molar-refractivity contribution in [2.75, 3.05) is 10.9 Å². The zero-order chi connectivity index (χ0) is 8.27. The summed E-state index contributed by atoms with van der Waals surface area (Å²) in [4.78, 5) is 4.25. The number of hydrogen-bond acceptors (Lipinski definition) is 5. The van der Waals surface area contributed by atoms with E-state index in [0.29, 0.717) is 11.4 Å². The summed E-state index contributed by atoms with van der Waals surface area (Å²) in [6, 6.07) is 6.98. The van der Waals surface area contributed by atoms with Crippen LogP contribution in [0.2, 0.25) is 0 Å². The Hall–Kier alpha value is -1.30. The first-order valence-corrected chi connectivity index (χ1v) is 3.02. The van der Waals surface area contributed by atoms with E-state index < -0.39 is 0 Å². The van der Waals surface area contributed by atoms with Gasteiger partial charge in [0.05, 0.1) is 5.69 Å². The topological polar surface area (TPSA) is 90.5 Å². The fraction of sp³-hybridized carbons (Fsp3) is 0. The summed E-state index contributed by atoms with van der Waals surface area (Å²) in [5.74, 6) is 10.1. The fourth-order valence-corrected chi connectivity index (χ4v) is 0.745. The van der Waals surface area contributed by atoms with Crippen LogP contribution in [-0.2, 0) is 4.94 Å². The lowest BCUT2D eigenvalue weighted by Gasteiger charge is -2.14. The number of anilines is 2. The van der Waals surface area contributed by atoms with Gasteiger partial charge in [0.2, 0.25) is 0 Å². The number of rotatable bonds is 2. The molecular weight excluding hydrogens is 144 g/mol. The second-order valence-corrected chi connectivity index (χ2v) is 1.99. The van der Waals surface area contributed by atoms with E-state index in [-0.39, 0.29) is 0 Å². The first-order chi connectivity index (χ1) is 5.25. The molecular formula is C6H10N4O. The van der Waals surface area contributed by atoms with E-state index in [4.69, 9.17) is 17.5 Å². The lowest BCUT2D eigenvalue weighted by molar-refractivity contribution is 0.111. The molecule has 0 radical (unpaired) electrons. The third-order valence-corrected chi connectivity index (χ3v) is 1.29. The largest absolute Gasteiger partial charge is 0.397 e. The second kappa shape index (κ2) is 3.20. The van der Waals surface area contributed by atoms with Gasteiger partial charge in [0.15, 0.2) is 0 Å². The second-order valence-electron chi connectivity index (χ2n) is 1.99. The number of nitrogens with zero attached hydrogens (tertiary/aromatic N) is 1. The Morgan fingerprint density at radius 2 is 1.91 bits per heavy atom. The van der Waals surface area contributed by atoms with Crippen LogP contribution in [0.4, 0.5) is 11.4 Å². The molecule has 0 saturated carbocycles. The lowest BCUT2D eigenvalue weighted by Crippen LogP contribution is -2.34. The molecule has 0 aliphatic heterocycles. The molecule has 1 rings (SSSR count). The van der Waals surface area contributed by atoms with Crippen molar-refractivity contribution in [1.82, 2.24) is 0 Å². The molecule has 0 aliphatic rings. The predicted octanol–water partition coefficient (Wildman–Crippen LogP) is -0.246. The highest BCUT2D eigenvalue weighted by molar-refractivity contribution is 5.65. The highest BCUT2D eigenvalue weighted by Gasteiger charge is 2.02. The van der Waals surface area contributed by atoms with Crippen molar-refractivity contribution in [3.05, 3.63) is 24.3 Å². The van der Waals surface area contributed by atoms with Gasteiger partial charge in [-0.25, -0.2) is 5.84 Å². The lowest BCUT2D eigenvalue weighted by atomic mass is 10.3. The van der Waals surface area contributed by atoms with Crippen LogP contribution >= 0.6 is 0 Å². The van der Waals surface area contributed by atoms with E-state index in [1.807, 2.05) is 0 Å². The molecule has 0 heterocycles. The number of nitrogens with two attached hydrogens (primary N) is 3. The molecule has 0 saturated heterocycles. The first kappa shape index (κ1) is 7.80. The molecule has 1 aromatic carbocycles. The maximum atomic E-state index is 5.54. The smallest absolute Gasteiger partial charge is 0.107 e. The van der Waals surface area contributed by atoms with Gasteiger partial charge in [-0.3, -0.25) is 0 Å². The van der Waals surface area contributed by atoms with Crippen LogP contribution in [-0.4, -0.2) is 0 Å². The van der Waals surface area contributed by atoms with Crippen molar-refractivity contribution >= 4 is 11.4 Å². The molecule has 0 aromatic heterocycles. The van der Waals surface area contributed by atoms with E-state index >= 15 is 0 Å². The first-order valence-electron chi connectivity index (χ1n) is 3.02. The molecule has 0 atom stereocenters. The van der Waals surface area contributed by atoms with Gasteiger partial charge in [-0.15, -0.1) is 0 Å². The van der Waals surface area contributed by atoms with E-state index in [0.717, 1.165) is 5.17 Å². The Kier molecular flexibility index (Phi) is 2.27. The standard InChI is InChI=1S/C6H10N4O/c7-5-3-1-2-4-6(5)10(8)11-9/h1-4H,7-9H2. The van der Waals surface area contributed by atoms with Crippen molar-refractivity contribution in [1.29, 1.82) is 0 Å². The van der Waals surface area contributed by atoms with Gasteiger partial charge in [-0.05, 0) is 12.1 Å². The summed E-state index contributed by atoms with van der Waals surface area (Å²) in [6.07, 6.45) is 0. The van der Waals surface area contributed by atoms with Crippen LogP contribution in [0.25, 0.3) is 0 Å².